The second-order valence-electron chi connectivity index (χ2n) is 5.34. The minimum atomic E-state index is -4.60. The average molecular weight is 305 g/mol. The fourth-order valence-electron chi connectivity index (χ4n) is 2.44. The molecule has 1 fully saturated rings. The Labute approximate surface area is 119 Å². The molecule has 2 atom stereocenters. The van der Waals surface area contributed by atoms with E-state index in [1.807, 2.05) is 6.92 Å². The lowest BCUT2D eigenvalue weighted by Crippen LogP contribution is -2.34. The molecule has 2 unspecified atom stereocenters. The lowest BCUT2D eigenvalue weighted by atomic mass is 9.85. The highest BCUT2D eigenvalue weighted by Gasteiger charge is 2.35. The quantitative estimate of drug-likeness (QED) is 0.792. The molecular formula is C12H18F3N5O. The predicted octanol–water partition coefficient (Wildman–Crippen LogP) is 1.79. The van der Waals surface area contributed by atoms with Crippen molar-refractivity contribution in [3.8, 4) is 0 Å². The molecule has 0 spiro atoms. The number of anilines is 1. The van der Waals surface area contributed by atoms with Gasteiger partial charge in [0.15, 0.2) is 0 Å². The summed E-state index contributed by atoms with van der Waals surface area (Å²) in [6, 6.07) is 0. The molecule has 2 heterocycles. The van der Waals surface area contributed by atoms with Gasteiger partial charge < -0.3 is 5.32 Å². The van der Waals surface area contributed by atoms with Crippen LogP contribution in [0.15, 0.2) is 0 Å². The number of hydrogen-bond acceptors (Lipinski definition) is 4. The van der Waals surface area contributed by atoms with Gasteiger partial charge in [0.05, 0.1) is 0 Å². The molecule has 6 nitrogen and oxygen atoms in total. The monoisotopic (exact) mass is 305 g/mol. The van der Waals surface area contributed by atoms with Crippen molar-refractivity contribution in [2.45, 2.75) is 32.4 Å². The third kappa shape index (κ3) is 4.42. The zero-order valence-corrected chi connectivity index (χ0v) is 11.6. The van der Waals surface area contributed by atoms with Crippen LogP contribution in [0.3, 0.4) is 0 Å². The molecule has 118 valence electrons. The first kappa shape index (κ1) is 15.7. The van der Waals surface area contributed by atoms with Crippen LogP contribution < -0.4 is 10.6 Å². The number of nitrogens with zero attached hydrogens (tertiary/aromatic N) is 2. The number of hydrogen-bond donors (Lipinski definition) is 3. The summed E-state index contributed by atoms with van der Waals surface area (Å²) >= 11 is 0. The van der Waals surface area contributed by atoms with E-state index in [2.05, 4.69) is 20.7 Å². The highest BCUT2D eigenvalue weighted by molar-refractivity contribution is 5.89. The van der Waals surface area contributed by atoms with Crippen molar-refractivity contribution in [3.63, 3.8) is 0 Å². The van der Waals surface area contributed by atoms with Crippen LogP contribution in [0.2, 0.25) is 0 Å². The van der Waals surface area contributed by atoms with Crippen LogP contribution in [0.1, 0.15) is 32.0 Å². The van der Waals surface area contributed by atoms with Crippen molar-refractivity contribution in [1.82, 2.24) is 20.5 Å². The molecule has 1 aromatic rings. The summed E-state index contributed by atoms with van der Waals surface area (Å²) in [6.07, 6.45) is -2.23. The molecule has 0 aromatic carbocycles. The Kier molecular flexibility index (Phi) is 4.81. The topological polar surface area (TPSA) is 82.7 Å². The molecule has 2 rings (SSSR count). The maximum Gasteiger partial charge on any atom is 0.451 e. The molecule has 0 bridgehead atoms. The number of nitrogens with one attached hydrogen (secondary N) is 3. The highest BCUT2D eigenvalue weighted by atomic mass is 19.4. The summed E-state index contributed by atoms with van der Waals surface area (Å²) in [4.78, 5) is 15.0. The fraction of sp³-hybridized carbons (Fsp3) is 0.750. The lowest BCUT2D eigenvalue weighted by molar-refractivity contribution is -0.144. The maximum absolute atomic E-state index is 12.3. The van der Waals surface area contributed by atoms with Gasteiger partial charge in [0, 0.05) is 6.42 Å². The maximum atomic E-state index is 12.3. The van der Waals surface area contributed by atoms with Crippen molar-refractivity contribution < 1.29 is 18.0 Å². The summed E-state index contributed by atoms with van der Waals surface area (Å²) in [6.45, 7) is 3.83. The molecule has 1 saturated heterocycles. The van der Waals surface area contributed by atoms with Gasteiger partial charge in [-0.2, -0.15) is 18.2 Å². The number of aromatic amines is 1. The van der Waals surface area contributed by atoms with Gasteiger partial charge in [-0.25, -0.2) is 0 Å². The van der Waals surface area contributed by atoms with Gasteiger partial charge in [0.1, 0.15) is 0 Å². The van der Waals surface area contributed by atoms with Gasteiger partial charge in [-0.3, -0.25) is 15.2 Å². The predicted molar refractivity (Wildman–Crippen MR) is 69.4 cm³/mol. The van der Waals surface area contributed by atoms with E-state index in [1.165, 1.54) is 0 Å². The van der Waals surface area contributed by atoms with E-state index in [4.69, 9.17) is 0 Å². The Balaban J connectivity index is 1.85. The zero-order valence-electron chi connectivity index (χ0n) is 11.6. The average Bonchev–Trinajstić information content (AvgIpc) is 2.88. The van der Waals surface area contributed by atoms with Crippen LogP contribution in [-0.2, 0) is 11.0 Å². The van der Waals surface area contributed by atoms with E-state index >= 15 is 0 Å². The molecule has 0 aliphatic carbocycles. The van der Waals surface area contributed by atoms with E-state index in [0.717, 1.165) is 25.9 Å². The van der Waals surface area contributed by atoms with Crippen molar-refractivity contribution in [1.29, 1.82) is 0 Å². The number of carbonyl (C=O) groups excluding carboxylic acids is 1. The minimum Gasteiger partial charge on any atom is -0.316 e. The van der Waals surface area contributed by atoms with Crippen LogP contribution in [0.25, 0.3) is 0 Å². The number of rotatable bonds is 4. The first-order valence-corrected chi connectivity index (χ1v) is 6.86. The number of piperidine rings is 1. The molecule has 1 amide bonds. The van der Waals surface area contributed by atoms with Crippen molar-refractivity contribution >= 4 is 11.9 Å². The number of amides is 1. The van der Waals surface area contributed by atoms with Gasteiger partial charge >= 0.3 is 6.18 Å². The third-order valence-electron chi connectivity index (χ3n) is 3.65. The molecule has 1 aromatic heterocycles. The number of halogens is 3. The van der Waals surface area contributed by atoms with E-state index in [9.17, 15) is 18.0 Å². The van der Waals surface area contributed by atoms with E-state index in [1.54, 1.807) is 5.10 Å². The molecule has 1 aliphatic rings. The number of alkyl halides is 3. The lowest BCUT2D eigenvalue weighted by Gasteiger charge is -2.27. The largest absolute Gasteiger partial charge is 0.451 e. The second-order valence-corrected chi connectivity index (χ2v) is 5.34. The van der Waals surface area contributed by atoms with E-state index in [-0.39, 0.29) is 24.2 Å². The Morgan fingerprint density at radius 1 is 1.52 bits per heavy atom. The SMILES string of the molecule is CC(CC(=O)Nc1n[nH]c(C(F)(F)F)n1)C1CCCNC1. The normalized spacial score (nSPS) is 21.0. The van der Waals surface area contributed by atoms with Gasteiger partial charge in [-0.15, -0.1) is 5.10 Å². The van der Waals surface area contributed by atoms with Gasteiger partial charge in [0.2, 0.25) is 17.7 Å². The number of aromatic nitrogens is 3. The first-order chi connectivity index (χ1) is 9.86. The van der Waals surface area contributed by atoms with Gasteiger partial charge in [0.25, 0.3) is 0 Å². The Hall–Kier alpha value is -1.64. The zero-order chi connectivity index (χ0) is 15.5. The Morgan fingerprint density at radius 3 is 2.86 bits per heavy atom. The molecule has 3 N–H and O–H groups in total. The molecule has 0 saturated carbocycles. The summed E-state index contributed by atoms with van der Waals surface area (Å²) in [5, 5.41) is 10.7. The smallest absolute Gasteiger partial charge is 0.316 e. The van der Waals surface area contributed by atoms with Crippen LogP contribution in [0, 0.1) is 11.8 Å². The fourth-order valence-corrected chi connectivity index (χ4v) is 2.44. The highest BCUT2D eigenvalue weighted by Crippen LogP contribution is 2.26. The molecule has 1 aliphatic heterocycles. The summed E-state index contributed by atoms with van der Waals surface area (Å²) in [5.41, 5.74) is 0. The molecule has 0 radical (unpaired) electrons. The number of H-pyrrole nitrogens is 1. The van der Waals surface area contributed by atoms with Crippen LogP contribution >= 0.6 is 0 Å². The Bertz CT molecular complexity index is 481. The third-order valence-corrected chi connectivity index (χ3v) is 3.65. The van der Waals surface area contributed by atoms with Crippen LogP contribution in [0.4, 0.5) is 19.1 Å². The Morgan fingerprint density at radius 2 is 2.29 bits per heavy atom. The summed E-state index contributed by atoms with van der Waals surface area (Å²) in [7, 11) is 0. The molecule has 21 heavy (non-hydrogen) atoms. The van der Waals surface area contributed by atoms with Crippen molar-refractivity contribution in [2.75, 3.05) is 18.4 Å². The van der Waals surface area contributed by atoms with Crippen molar-refractivity contribution in [3.05, 3.63) is 5.82 Å². The van der Waals surface area contributed by atoms with Gasteiger partial charge in [-0.1, -0.05) is 6.92 Å². The van der Waals surface area contributed by atoms with Gasteiger partial charge in [-0.05, 0) is 37.8 Å². The van der Waals surface area contributed by atoms with Crippen LogP contribution in [-0.4, -0.2) is 34.2 Å². The number of carbonyl (C=O) groups is 1. The summed E-state index contributed by atoms with van der Waals surface area (Å²) < 4.78 is 37.0. The second kappa shape index (κ2) is 6.42. The minimum absolute atomic E-state index is 0.152. The first-order valence-electron chi connectivity index (χ1n) is 6.86. The standard InChI is InChI=1S/C12H18F3N5O/c1-7(8-3-2-4-16-6-8)5-9(21)17-11-18-10(19-20-11)12(13,14)15/h7-8,16H,2-6H2,1H3,(H2,17,18,19,20,21). The molecular weight excluding hydrogens is 287 g/mol. The van der Waals surface area contributed by atoms with Crippen LogP contribution in [0.5, 0.6) is 0 Å². The van der Waals surface area contributed by atoms with E-state index in [0.29, 0.717) is 5.92 Å². The summed E-state index contributed by atoms with van der Waals surface area (Å²) in [5.74, 6) is -1.38. The van der Waals surface area contributed by atoms with E-state index < -0.39 is 12.0 Å². The molecule has 9 heteroatoms. The van der Waals surface area contributed by atoms with Crippen molar-refractivity contribution in [2.24, 2.45) is 11.8 Å².